The van der Waals surface area contributed by atoms with Crippen LogP contribution in [0.5, 0.6) is 0 Å². The fraction of sp³-hybridized carbons (Fsp3) is 0.222. The average Bonchev–Trinajstić information content (AvgIpc) is 1.88. The van der Waals surface area contributed by atoms with E-state index in [2.05, 4.69) is 25.2 Å². The zero-order valence-corrected chi connectivity index (χ0v) is 10.8. The third-order valence-corrected chi connectivity index (χ3v) is 1.27. The zero-order chi connectivity index (χ0) is 7.40. The van der Waals surface area contributed by atoms with Crippen LogP contribution >= 0.6 is 0 Å². The standard InChI is InChI=1S/C9H11N.U/c1-3-10-9-6-4-5-8(2)7-9;/h4-5,7,10H,1,3H2,2H3;/q-2;+2. The van der Waals surface area contributed by atoms with Crippen LogP contribution in [0.25, 0.3) is 0 Å². The second-order valence-electron chi connectivity index (χ2n) is 2.21. The van der Waals surface area contributed by atoms with Gasteiger partial charge in [0.15, 0.2) is 0 Å². The van der Waals surface area contributed by atoms with E-state index in [9.17, 15) is 0 Å². The molecule has 0 atom stereocenters. The molecule has 11 heavy (non-hydrogen) atoms. The van der Waals surface area contributed by atoms with Crippen molar-refractivity contribution in [1.82, 2.24) is 0 Å². The summed E-state index contributed by atoms with van der Waals surface area (Å²) < 4.78 is 0. The van der Waals surface area contributed by atoms with Crippen LogP contribution in [0.2, 0.25) is 0 Å². The van der Waals surface area contributed by atoms with Crippen molar-refractivity contribution in [2.24, 2.45) is 0 Å². The number of hydrogen-bond acceptors (Lipinski definition) is 1. The molecule has 56 valence electrons. The average molecular weight is 371 g/mol. The third kappa shape index (κ3) is 3.84. The van der Waals surface area contributed by atoms with Gasteiger partial charge >= 0.3 is 31.1 Å². The fourth-order valence-electron chi connectivity index (χ4n) is 0.817. The van der Waals surface area contributed by atoms with Crippen molar-refractivity contribution >= 4 is 5.69 Å². The van der Waals surface area contributed by atoms with E-state index in [4.69, 9.17) is 0 Å². The van der Waals surface area contributed by atoms with Crippen molar-refractivity contribution in [3.05, 3.63) is 36.8 Å². The van der Waals surface area contributed by atoms with Gasteiger partial charge in [0, 0.05) is 0 Å². The number of hydrogen-bond donors (Lipinski definition) is 1. The van der Waals surface area contributed by atoms with Gasteiger partial charge in [-0.25, -0.2) is 0 Å². The summed E-state index contributed by atoms with van der Waals surface area (Å²) in [6.07, 6.45) is 0. The summed E-state index contributed by atoms with van der Waals surface area (Å²) in [7, 11) is 0. The Kier molecular flexibility index (Phi) is 5.73. The number of aryl methyl sites for hydroxylation is 1. The maximum Gasteiger partial charge on any atom is 2.00 e. The summed E-state index contributed by atoms with van der Waals surface area (Å²) in [4.78, 5) is 0. The Morgan fingerprint density at radius 2 is 2.36 bits per heavy atom. The molecule has 0 fully saturated rings. The normalized spacial score (nSPS) is 8.55. The van der Waals surface area contributed by atoms with Gasteiger partial charge in [0.1, 0.15) is 0 Å². The third-order valence-electron chi connectivity index (χ3n) is 1.27. The molecule has 0 unspecified atom stereocenters. The van der Waals surface area contributed by atoms with Gasteiger partial charge < -0.3 is 12.2 Å². The van der Waals surface area contributed by atoms with E-state index in [1.165, 1.54) is 5.56 Å². The molecule has 1 N–H and O–H groups in total. The SMILES string of the molecule is [CH2-]CNc1[c-]ccc(C)c1.[U+2]. The molecule has 0 aromatic heterocycles. The van der Waals surface area contributed by atoms with Gasteiger partial charge in [0.05, 0.1) is 0 Å². The first-order chi connectivity index (χ1) is 4.83. The molecule has 0 bridgehead atoms. The molecular formula is C9H11NU. The van der Waals surface area contributed by atoms with Crippen LogP contribution in [-0.2, 0) is 0 Å². The Morgan fingerprint density at radius 1 is 1.64 bits per heavy atom. The van der Waals surface area contributed by atoms with Crippen LogP contribution < -0.4 is 5.32 Å². The molecule has 1 aromatic carbocycles. The van der Waals surface area contributed by atoms with E-state index in [1.54, 1.807) is 0 Å². The molecule has 0 saturated heterocycles. The number of nitrogens with one attached hydrogen (secondary N) is 1. The van der Waals surface area contributed by atoms with Gasteiger partial charge in [-0.1, -0.05) is 12.6 Å². The Labute approximate surface area is 92.0 Å². The Balaban J connectivity index is 0.000001000. The first-order valence-electron chi connectivity index (χ1n) is 3.34. The zero-order valence-electron chi connectivity index (χ0n) is 6.65. The molecule has 0 aliphatic rings. The van der Waals surface area contributed by atoms with Crippen molar-refractivity contribution in [1.29, 1.82) is 0 Å². The van der Waals surface area contributed by atoms with Gasteiger partial charge in [0.25, 0.3) is 0 Å². The van der Waals surface area contributed by atoms with E-state index >= 15 is 0 Å². The first kappa shape index (κ1) is 11.1. The van der Waals surface area contributed by atoms with Crippen molar-refractivity contribution < 1.29 is 31.1 Å². The Hall–Kier alpha value is 0.0719. The van der Waals surface area contributed by atoms with Crippen LogP contribution in [0.4, 0.5) is 5.69 Å². The van der Waals surface area contributed by atoms with E-state index in [1.807, 2.05) is 18.2 Å². The van der Waals surface area contributed by atoms with Gasteiger partial charge in [-0.3, -0.25) is 0 Å². The maximum atomic E-state index is 3.68. The number of benzene rings is 1. The molecule has 0 radical (unpaired) electrons. The molecule has 0 aliphatic heterocycles. The first-order valence-corrected chi connectivity index (χ1v) is 3.34. The maximum absolute atomic E-state index is 3.68. The summed E-state index contributed by atoms with van der Waals surface area (Å²) >= 11 is 0. The van der Waals surface area contributed by atoms with Gasteiger partial charge in [0.2, 0.25) is 0 Å². The molecule has 1 aromatic rings. The minimum atomic E-state index is 0. The van der Waals surface area contributed by atoms with Gasteiger partial charge in [-0.15, -0.1) is 12.6 Å². The van der Waals surface area contributed by atoms with E-state index in [0.29, 0.717) is 6.54 Å². The molecule has 0 aliphatic carbocycles. The molecular weight excluding hydrogens is 360 g/mol. The second kappa shape index (κ2) is 5.69. The molecule has 0 spiro atoms. The van der Waals surface area contributed by atoms with Gasteiger partial charge in [-0.05, 0) is 0 Å². The van der Waals surface area contributed by atoms with Crippen LogP contribution in [0.15, 0.2) is 18.2 Å². The second-order valence-corrected chi connectivity index (χ2v) is 2.21. The minimum absolute atomic E-state index is 0. The predicted molar refractivity (Wildman–Crippen MR) is 43.9 cm³/mol. The van der Waals surface area contributed by atoms with Crippen molar-refractivity contribution in [2.75, 3.05) is 11.9 Å². The summed E-state index contributed by atoms with van der Waals surface area (Å²) in [5, 5.41) is 3.08. The molecule has 0 heterocycles. The van der Waals surface area contributed by atoms with E-state index in [0.717, 1.165) is 5.69 Å². The Bertz CT molecular complexity index is 210. The molecule has 1 rings (SSSR count). The predicted octanol–water partition coefficient (Wildman–Crippen LogP) is 2.04. The van der Waals surface area contributed by atoms with Crippen LogP contribution in [0.3, 0.4) is 0 Å². The number of rotatable bonds is 2. The Morgan fingerprint density at radius 3 is 2.91 bits per heavy atom. The summed E-state index contributed by atoms with van der Waals surface area (Å²) in [6, 6.07) is 9.04. The van der Waals surface area contributed by atoms with Crippen molar-refractivity contribution in [2.45, 2.75) is 6.92 Å². The number of anilines is 1. The largest absolute Gasteiger partial charge is 2.00 e. The van der Waals surface area contributed by atoms with E-state index in [-0.39, 0.29) is 31.1 Å². The quantitative estimate of drug-likeness (QED) is 0.785. The summed E-state index contributed by atoms with van der Waals surface area (Å²) in [5.74, 6) is 0. The van der Waals surface area contributed by atoms with Crippen LogP contribution in [0, 0.1) is 51.0 Å². The monoisotopic (exact) mass is 371 g/mol. The molecule has 2 heteroatoms. The smallest absolute Gasteiger partial charge is 0.436 e. The molecule has 0 saturated carbocycles. The van der Waals surface area contributed by atoms with Crippen LogP contribution in [-0.4, -0.2) is 6.54 Å². The minimum Gasteiger partial charge on any atom is -0.436 e. The van der Waals surface area contributed by atoms with E-state index < -0.39 is 0 Å². The van der Waals surface area contributed by atoms with Crippen molar-refractivity contribution in [3.8, 4) is 0 Å². The van der Waals surface area contributed by atoms with Gasteiger partial charge in [-0.2, -0.15) is 23.8 Å². The summed E-state index contributed by atoms with van der Waals surface area (Å²) in [5.41, 5.74) is 2.27. The molecule has 0 amide bonds. The molecule has 1 nitrogen and oxygen atoms in total. The fourth-order valence-corrected chi connectivity index (χ4v) is 0.817. The summed E-state index contributed by atoms with van der Waals surface area (Å²) in [6.45, 7) is 6.45. The van der Waals surface area contributed by atoms with Crippen molar-refractivity contribution in [3.63, 3.8) is 0 Å². The van der Waals surface area contributed by atoms with Crippen LogP contribution in [0.1, 0.15) is 5.56 Å². The topological polar surface area (TPSA) is 12.0 Å².